The SMILES string of the molecule is O=C1N(CC2CCCCC2)CCC[C@@]1(O)CNCc1cccc2[nH]ccc12. The predicted molar refractivity (Wildman–Crippen MR) is 107 cm³/mol. The number of carbonyl (C=O) groups is 1. The van der Waals surface area contributed by atoms with E-state index in [0.717, 1.165) is 25.0 Å². The van der Waals surface area contributed by atoms with Crippen molar-refractivity contribution >= 4 is 16.8 Å². The van der Waals surface area contributed by atoms with Crippen molar-refractivity contribution in [2.24, 2.45) is 5.92 Å². The summed E-state index contributed by atoms with van der Waals surface area (Å²) in [4.78, 5) is 18.1. The summed E-state index contributed by atoms with van der Waals surface area (Å²) >= 11 is 0. The summed E-state index contributed by atoms with van der Waals surface area (Å²) in [5.41, 5.74) is 1.03. The van der Waals surface area contributed by atoms with E-state index in [0.29, 0.717) is 25.4 Å². The van der Waals surface area contributed by atoms with Crippen LogP contribution < -0.4 is 5.32 Å². The molecular weight excluding hydrogens is 338 g/mol. The lowest BCUT2D eigenvalue weighted by Crippen LogP contribution is -2.58. The summed E-state index contributed by atoms with van der Waals surface area (Å²) in [6, 6.07) is 8.24. The van der Waals surface area contributed by atoms with Crippen molar-refractivity contribution in [3.63, 3.8) is 0 Å². The van der Waals surface area contributed by atoms with Crippen molar-refractivity contribution in [1.82, 2.24) is 15.2 Å². The first-order valence-corrected chi connectivity index (χ1v) is 10.4. The highest BCUT2D eigenvalue weighted by atomic mass is 16.3. The van der Waals surface area contributed by atoms with Crippen LogP contribution in [0.15, 0.2) is 30.5 Å². The van der Waals surface area contributed by atoms with E-state index in [-0.39, 0.29) is 5.91 Å². The number of carbonyl (C=O) groups excluding carboxylic acids is 1. The van der Waals surface area contributed by atoms with E-state index in [1.165, 1.54) is 43.1 Å². The molecule has 0 radical (unpaired) electrons. The maximum absolute atomic E-state index is 13.0. The van der Waals surface area contributed by atoms with Crippen LogP contribution >= 0.6 is 0 Å². The fourth-order valence-corrected chi connectivity index (χ4v) is 4.79. The van der Waals surface area contributed by atoms with E-state index in [1.807, 2.05) is 17.2 Å². The third-order valence-electron chi connectivity index (χ3n) is 6.33. The Morgan fingerprint density at radius 3 is 2.89 bits per heavy atom. The van der Waals surface area contributed by atoms with E-state index >= 15 is 0 Å². The van der Waals surface area contributed by atoms with Gasteiger partial charge < -0.3 is 20.3 Å². The third kappa shape index (κ3) is 4.04. The molecule has 2 aromatic rings. The first kappa shape index (κ1) is 18.5. The highest BCUT2D eigenvalue weighted by molar-refractivity contribution is 5.86. The number of benzene rings is 1. The molecule has 0 unspecified atom stereocenters. The number of amides is 1. The average Bonchev–Trinajstić information content (AvgIpc) is 3.16. The molecule has 1 aliphatic carbocycles. The number of nitrogens with zero attached hydrogens (tertiary/aromatic N) is 1. The number of H-pyrrole nitrogens is 1. The van der Waals surface area contributed by atoms with Gasteiger partial charge in [0, 0.05) is 43.3 Å². The lowest BCUT2D eigenvalue weighted by atomic mass is 9.86. The Bertz CT molecular complexity index is 781. The molecule has 1 atom stereocenters. The summed E-state index contributed by atoms with van der Waals surface area (Å²) in [5, 5.41) is 15.6. The standard InChI is InChI=1S/C22H31N3O2/c26-21-22(27,11-5-13-25(21)15-17-6-2-1-3-7-17)16-23-14-18-8-4-9-20-19(18)10-12-24-20/h4,8-10,12,17,23-24,27H,1-3,5-7,11,13-16H2/t22-/m1/s1. The number of likely N-dealkylation sites (tertiary alicyclic amines) is 1. The van der Waals surface area contributed by atoms with Crippen LogP contribution in [0, 0.1) is 5.92 Å². The Labute approximate surface area is 161 Å². The molecule has 2 heterocycles. The zero-order valence-corrected chi connectivity index (χ0v) is 16.0. The number of aliphatic hydroxyl groups is 1. The molecule has 2 fully saturated rings. The van der Waals surface area contributed by atoms with Gasteiger partial charge in [0.05, 0.1) is 0 Å². The second-order valence-electron chi connectivity index (χ2n) is 8.35. The van der Waals surface area contributed by atoms with Crippen molar-refractivity contribution in [1.29, 1.82) is 0 Å². The van der Waals surface area contributed by atoms with Crippen molar-refractivity contribution in [2.45, 2.75) is 57.1 Å². The lowest BCUT2D eigenvalue weighted by Gasteiger charge is -2.40. The largest absolute Gasteiger partial charge is 0.379 e. The second-order valence-corrected chi connectivity index (χ2v) is 8.35. The van der Waals surface area contributed by atoms with Gasteiger partial charge in [-0.2, -0.15) is 0 Å². The molecule has 0 bridgehead atoms. The van der Waals surface area contributed by atoms with Crippen molar-refractivity contribution in [3.05, 3.63) is 36.0 Å². The van der Waals surface area contributed by atoms with Crippen molar-refractivity contribution in [2.75, 3.05) is 19.6 Å². The topological polar surface area (TPSA) is 68.4 Å². The van der Waals surface area contributed by atoms with Gasteiger partial charge in [-0.05, 0) is 49.3 Å². The molecule has 5 nitrogen and oxygen atoms in total. The zero-order valence-electron chi connectivity index (χ0n) is 16.0. The molecule has 1 aliphatic heterocycles. The van der Waals surface area contributed by atoms with Crippen LogP contribution in [0.5, 0.6) is 0 Å². The molecule has 1 aromatic heterocycles. The number of nitrogens with one attached hydrogen (secondary N) is 2. The lowest BCUT2D eigenvalue weighted by molar-refractivity contribution is -0.157. The summed E-state index contributed by atoms with van der Waals surface area (Å²) in [6.45, 7) is 2.57. The minimum atomic E-state index is -1.26. The molecular formula is C22H31N3O2. The van der Waals surface area contributed by atoms with Gasteiger partial charge in [-0.1, -0.05) is 31.4 Å². The normalized spacial score (nSPS) is 24.6. The predicted octanol–water partition coefficient (Wildman–Crippen LogP) is 3.19. The van der Waals surface area contributed by atoms with Gasteiger partial charge in [0.25, 0.3) is 5.91 Å². The van der Waals surface area contributed by atoms with Crippen LogP contribution in [0.4, 0.5) is 0 Å². The Morgan fingerprint density at radius 2 is 2.04 bits per heavy atom. The van der Waals surface area contributed by atoms with E-state index in [1.54, 1.807) is 0 Å². The maximum atomic E-state index is 13.0. The maximum Gasteiger partial charge on any atom is 0.255 e. The van der Waals surface area contributed by atoms with Gasteiger partial charge in [-0.25, -0.2) is 0 Å². The molecule has 1 saturated heterocycles. The molecule has 2 aliphatic rings. The molecule has 27 heavy (non-hydrogen) atoms. The van der Waals surface area contributed by atoms with Crippen LogP contribution in [0.25, 0.3) is 10.9 Å². The van der Waals surface area contributed by atoms with E-state index in [9.17, 15) is 9.90 Å². The molecule has 1 amide bonds. The Hall–Kier alpha value is -1.85. The number of fused-ring (bicyclic) bond motifs is 1. The fraction of sp³-hybridized carbons (Fsp3) is 0.591. The zero-order chi connectivity index (χ0) is 18.7. The number of rotatable bonds is 6. The minimum Gasteiger partial charge on any atom is -0.379 e. The van der Waals surface area contributed by atoms with Crippen LogP contribution in [-0.4, -0.2) is 46.1 Å². The summed E-state index contributed by atoms with van der Waals surface area (Å²) < 4.78 is 0. The van der Waals surface area contributed by atoms with Crippen LogP contribution in [0.1, 0.15) is 50.5 Å². The summed E-state index contributed by atoms with van der Waals surface area (Å²) in [6.07, 6.45) is 9.70. The highest BCUT2D eigenvalue weighted by Crippen LogP contribution is 2.28. The van der Waals surface area contributed by atoms with Gasteiger partial charge in [-0.3, -0.25) is 4.79 Å². The molecule has 1 saturated carbocycles. The number of piperidine rings is 1. The quantitative estimate of drug-likeness (QED) is 0.732. The Balaban J connectivity index is 1.35. The molecule has 3 N–H and O–H groups in total. The van der Waals surface area contributed by atoms with Crippen LogP contribution in [0.3, 0.4) is 0 Å². The van der Waals surface area contributed by atoms with Crippen molar-refractivity contribution in [3.8, 4) is 0 Å². The first-order valence-electron chi connectivity index (χ1n) is 10.4. The average molecular weight is 370 g/mol. The fourth-order valence-electron chi connectivity index (χ4n) is 4.79. The monoisotopic (exact) mass is 369 g/mol. The molecule has 4 rings (SSSR count). The van der Waals surface area contributed by atoms with Crippen molar-refractivity contribution < 1.29 is 9.90 Å². The van der Waals surface area contributed by atoms with Crippen LogP contribution in [-0.2, 0) is 11.3 Å². The second kappa shape index (κ2) is 8.03. The minimum absolute atomic E-state index is 0.0772. The Morgan fingerprint density at radius 1 is 1.19 bits per heavy atom. The smallest absolute Gasteiger partial charge is 0.255 e. The van der Waals surface area contributed by atoms with Gasteiger partial charge in [-0.15, -0.1) is 0 Å². The molecule has 146 valence electrons. The van der Waals surface area contributed by atoms with Gasteiger partial charge in [0.1, 0.15) is 0 Å². The first-order chi connectivity index (χ1) is 13.2. The Kier molecular flexibility index (Phi) is 5.50. The molecule has 5 heteroatoms. The highest BCUT2D eigenvalue weighted by Gasteiger charge is 2.42. The molecule has 1 aromatic carbocycles. The number of aromatic nitrogens is 1. The van der Waals surface area contributed by atoms with E-state index < -0.39 is 5.60 Å². The van der Waals surface area contributed by atoms with Gasteiger partial charge in [0.15, 0.2) is 5.60 Å². The molecule has 0 spiro atoms. The summed E-state index contributed by atoms with van der Waals surface area (Å²) in [5.74, 6) is 0.538. The summed E-state index contributed by atoms with van der Waals surface area (Å²) in [7, 11) is 0. The number of hydrogen-bond acceptors (Lipinski definition) is 3. The number of aromatic amines is 1. The van der Waals surface area contributed by atoms with Gasteiger partial charge >= 0.3 is 0 Å². The van der Waals surface area contributed by atoms with Crippen LogP contribution in [0.2, 0.25) is 0 Å². The van der Waals surface area contributed by atoms with E-state index in [4.69, 9.17) is 0 Å². The third-order valence-corrected chi connectivity index (χ3v) is 6.33. The van der Waals surface area contributed by atoms with Gasteiger partial charge in [0.2, 0.25) is 0 Å². The number of hydrogen-bond donors (Lipinski definition) is 3. The van der Waals surface area contributed by atoms with E-state index in [2.05, 4.69) is 28.5 Å².